The minimum absolute atomic E-state index is 0.0537. The van der Waals surface area contributed by atoms with E-state index >= 15 is 0 Å². The Labute approximate surface area is 180 Å². The Bertz CT molecular complexity index is 1380. The lowest BCUT2D eigenvalue weighted by atomic mass is 9.96. The highest BCUT2D eigenvalue weighted by atomic mass is 32.2. The Balaban J connectivity index is 1.83. The average Bonchev–Trinajstić information content (AvgIpc) is 3.23. The number of nitrogens with one attached hydrogen (secondary N) is 1. The van der Waals surface area contributed by atoms with Crippen LogP contribution in [0.1, 0.15) is 18.2 Å². The van der Waals surface area contributed by atoms with E-state index in [4.69, 9.17) is 5.14 Å². The van der Waals surface area contributed by atoms with Crippen LogP contribution >= 0.6 is 0 Å². The first-order valence-electron chi connectivity index (χ1n) is 9.71. The molecule has 0 amide bonds. The molecule has 0 saturated carbocycles. The number of aromatic nitrogens is 3. The zero-order valence-electron chi connectivity index (χ0n) is 17.1. The van der Waals surface area contributed by atoms with Crippen molar-refractivity contribution in [3.63, 3.8) is 0 Å². The average molecular weight is 437 g/mol. The highest BCUT2D eigenvalue weighted by Crippen LogP contribution is 2.34. The molecule has 2 aromatic heterocycles. The highest BCUT2D eigenvalue weighted by molar-refractivity contribution is 7.89. The van der Waals surface area contributed by atoms with Gasteiger partial charge in [-0.05, 0) is 66.4 Å². The number of aryl methyl sites for hydroxylation is 2. The molecule has 3 N–H and O–H groups in total. The van der Waals surface area contributed by atoms with Gasteiger partial charge in [-0.1, -0.05) is 25.1 Å². The van der Waals surface area contributed by atoms with Crippen LogP contribution in [-0.2, 0) is 16.4 Å². The first-order chi connectivity index (χ1) is 14.8. The normalized spacial score (nSPS) is 11.6. The standard InChI is InChI=1S/C23H21FN4O2S/c1-3-15-11-16(8-10-22(15)31(25,29)30)18-12-17(7-9-20(18)24)19-13-26-28-23(19)21-6-4-5-14(2)27-21/h4-13H,3H2,1-2H3,(H,26,28)(H2,25,29,30). The number of nitrogens with zero attached hydrogens (tertiary/aromatic N) is 2. The maximum atomic E-state index is 14.8. The lowest BCUT2D eigenvalue weighted by Gasteiger charge is -2.11. The van der Waals surface area contributed by atoms with E-state index in [1.807, 2.05) is 32.0 Å². The molecule has 0 aliphatic rings. The third kappa shape index (κ3) is 4.12. The number of hydrogen-bond acceptors (Lipinski definition) is 4. The van der Waals surface area contributed by atoms with E-state index < -0.39 is 15.8 Å². The smallest absolute Gasteiger partial charge is 0.238 e. The monoisotopic (exact) mass is 436 g/mol. The highest BCUT2D eigenvalue weighted by Gasteiger charge is 2.17. The van der Waals surface area contributed by atoms with E-state index in [0.717, 1.165) is 16.8 Å². The molecule has 2 heterocycles. The van der Waals surface area contributed by atoms with E-state index in [9.17, 15) is 12.8 Å². The van der Waals surface area contributed by atoms with E-state index in [1.165, 1.54) is 12.1 Å². The van der Waals surface area contributed by atoms with Crippen LogP contribution in [0.5, 0.6) is 0 Å². The van der Waals surface area contributed by atoms with Gasteiger partial charge in [0.15, 0.2) is 0 Å². The fourth-order valence-corrected chi connectivity index (χ4v) is 4.42. The van der Waals surface area contributed by atoms with Crippen molar-refractivity contribution in [3.8, 4) is 33.6 Å². The SMILES string of the molecule is CCc1cc(-c2cc(-c3c[nH]nc3-c3cccc(C)n3)ccc2F)ccc1S(N)(=O)=O. The van der Waals surface area contributed by atoms with E-state index in [2.05, 4.69) is 15.2 Å². The molecule has 0 spiro atoms. The minimum atomic E-state index is -3.85. The number of H-pyrrole nitrogens is 1. The summed E-state index contributed by atoms with van der Waals surface area (Å²) in [5.41, 5.74) is 5.27. The summed E-state index contributed by atoms with van der Waals surface area (Å²) in [6.45, 7) is 3.73. The Morgan fingerprint density at radius 1 is 1.03 bits per heavy atom. The van der Waals surface area contributed by atoms with Crippen LogP contribution in [0.3, 0.4) is 0 Å². The second-order valence-corrected chi connectivity index (χ2v) is 8.76. The van der Waals surface area contributed by atoms with Gasteiger partial charge in [-0.3, -0.25) is 10.1 Å². The second kappa shape index (κ2) is 8.05. The molecule has 158 valence electrons. The van der Waals surface area contributed by atoms with Gasteiger partial charge in [0, 0.05) is 23.0 Å². The third-order valence-corrected chi connectivity index (χ3v) is 6.12. The third-order valence-electron chi connectivity index (χ3n) is 5.11. The number of nitrogens with two attached hydrogens (primary N) is 1. The van der Waals surface area contributed by atoms with Crippen molar-refractivity contribution in [2.45, 2.75) is 25.2 Å². The summed E-state index contributed by atoms with van der Waals surface area (Å²) in [6.07, 6.45) is 2.20. The van der Waals surface area contributed by atoms with Gasteiger partial charge >= 0.3 is 0 Å². The molecule has 0 aliphatic heterocycles. The van der Waals surface area contributed by atoms with Crippen LogP contribution in [0.25, 0.3) is 33.6 Å². The molecule has 0 saturated heterocycles. The summed E-state index contributed by atoms with van der Waals surface area (Å²) in [4.78, 5) is 4.58. The Hall–Kier alpha value is -3.36. The summed E-state index contributed by atoms with van der Waals surface area (Å²) in [7, 11) is -3.85. The Morgan fingerprint density at radius 3 is 2.48 bits per heavy atom. The summed E-state index contributed by atoms with van der Waals surface area (Å²) in [6, 6.07) is 15.2. The number of benzene rings is 2. The molecule has 6 nitrogen and oxygen atoms in total. The van der Waals surface area contributed by atoms with Gasteiger partial charge in [0.2, 0.25) is 10.0 Å². The van der Waals surface area contributed by atoms with Gasteiger partial charge in [0.25, 0.3) is 0 Å². The number of pyridine rings is 1. The van der Waals surface area contributed by atoms with Crippen molar-refractivity contribution in [3.05, 3.63) is 77.9 Å². The summed E-state index contributed by atoms with van der Waals surface area (Å²) in [5, 5.41) is 12.5. The molecule has 2 aromatic carbocycles. The Morgan fingerprint density at radius 2 is 1.77 bits per heavy atom. The van der Waals surface area contributed by atoms with Crippen molar-refractivity contribution < 1.29 is 12.8 Å². The van der Waals surface area contributed by atoms with Gasteiger partial charge < -0.3 is 0 Å². The zero-order chi connectivity index (χ0) is 22.2. The fourth-order valence-electron chi connectivity index (χ4n) is 3.60. The number of hydrogen-bond donors (Lipinski definition) is 2. The van der Waals surface area contributed by atoms with Gasteiger partial charge in [-0.25, -0.2) is 17.9 Å². The number of aromatic amines is 1. The summed E-state index contributed by atoms with van der Waals surface area (Å²) >= 11 is 0. The molecule has 0 radical (unpaired) electrons. The molecular formula is C23H21FN4O2S. The molecule has 4 aromatic rings. The lowest BCUT2D eigenvalue weighted by Crippen LogP contribution is -2.14. The lowest BCUT2D eigenvalue weighted by molar-refractivity contribution is 0.596. The van der Waals surface area contributed by atoms with Crippen LogP contribution in [0, 0.1) is 12.7 Å². The van der Waals surface area contributed by atoms with Crippen molar-refractivity contribution in [1.82, 2.24) is 15.2 Å². The van der Waals surface area contributed by atoms with Gasteiger partial charge in [0.1, 0.15) is 11.5 Å². The van der Waals surface area contributed by atoms with Gasteiger partial charge in [-0.15, -0.1) is 0 Å². The fraction of sp³-hybridized carbons (Fsp3) is 0.130. The Kier molecular flexibility index (Phi) is 5.43. The zero-order valence-corrected chi connectivity index (χ0v) is 17.9. The molecule has 4 rings (SSSR count). The van der Waals surface area contributed by atoms with Crippen LogP contribution in [0.2, 0.25) is 0 Å². The van der Waals surface area contributed by atoms with Crippen molar-refractivity contribution in [2.24, 2.45) is 5.14 Å². The van der Waals surface area contributed by atoms with E-state index in [0.29, 0.717) is 34.5 Å². The van der Waals surface area contributed by atoms with Crippen molar-refractivity contribution in [2.75, 3.05) is 0 Å². The summed E-state index contributed by atoms with van der Waals surface area (Å²) in [5.74, 6) is -0.409. The molecule has 0 atom stereocenters. The van der Waals surface area contributed by atoms with Crippen molar-refractivity contribution >= 4 is 10.0 Å². The molecule has 0 aliphatic carbocycles. The largest absolute Gasteiger partial charge is 0.284 e. The van der Waals surface area contributed by atoms with E-state index in [-0.39, 0.29) is 4.90 Å². The van der Waals surface area contributed by atoms with Crippen LogP contribution in [0.15, 0.2) is 65.7 Å². The molecule has 31 heavy (non-hydrogen) atoms. The molecule has 0 bridgehead atoms. The maximum absolute atomic E-state index is 14.8. The maximum Gasteiger partial charge on any atom is 0.238 e. The number of sulfonamides is 1. The van der Waals surface area contributed by atoms with Gasteiger partial charge in [-0.2, -0.15) is 5.10 Å². The predicted molar refractivity (Wildman–Crippen MR) is 118 cm³/mol. The molecule has 0 fully saturated rings. The number of rotatable bonds is 5. The summed E-state index contributed by atoms with van der Waals surface area (Å²) < 4.78 is 38.4. The van der Waals surface area contributed by atoms with E-state index in [1.54, 1.807) is 30.5 Å². The topological polar surface area (TPSA) is 102 Å². The van der Waals surface area contributed by atoms with Crippen LogP contribution in [-0.4, -0.2) is 23.6 Å². The minimum Gasteiger partial charge on any atom is -0.284 e. The number of primary sulfonamides is 1. The second-order valence-electron chi connectivity index (χ2n) is 7.23. The van der Waals surface area contributed by atoms with Crippen LogP contribution < -0.4 is 5.14 Å². The molecule has 8 heteroatoms. The molecule has 0 unspecified atom stereocenters. The molecular weight excluding hydrogens is 415 g/mol. The first-order valence-corrected chi connectivity index (χ1v) is 11.3. The van der Waals surface area contributed by atoms with Gasteiger partial charge in [0.05, 0.1) is 10.6 Å². The van der Waals surface area contributed by atoms with Crippen LogP contribution in [0.4, 0.5) is 4.39 Å². The quantitative estimate of drug-likeness (QED) is 0.482. The first kappa shape index (κ1) is 20.9. The van der Waals surface area contributed by atoms with Crippen molar-refractivity contribution in [1.29, 1.82) is 0 Å². The number of halogens is 1. The predicted octanol–water partition coefficient (Wildman–Crippen LogP) is 4.46.